The third-order valence-electron chi connectivity index (χ3n) is 5.17. The smallest absolute Gasteiger partial charge is 0.290 e. The lowest BCUT2D eigenvalue weighted by atomic mass is 10.1. The van der Waals surface area contributed by atoms with Crippen molar-refractivity contribution in [2.75, 3.05) is 43.1 Å². The highest BCUT2D eigenvalue weighted by molar-refractivity contribution is 7.59. The molecule has 2 saturated heterocycles. The Bertz CT molecular complexity index is 873. The Balaban J connectivity index is 0.00000225. The van der Waals surface area contributed by atoms with Gasteiger partial charge >= 0.3 is 0 Å². The van der Waals surface area contributed by atoms with E-state index in [4.69, 9.17) is 16.3 Å². The largest absolute Gasteiger partial charge is 0.378 e. The van der Waals surface area contributed by atoms with E-state index in [0.29, 0.717) is 23.6 Å². The second kappa shape index (κ2) is 8.69. The molecule has 1 N–H and O–H groups in total. The van der Waals surface area contributed by atoms with E-state index in [-0.39, 0.29) is 24.2 Å². The number of pyridine rings is 1. The number of rotatable bonds is 4. The molecule has 0 bridgehead atoms. The summed E-state index contributed by atoms with van der Waals surface area (Å²) in [4.78, 5) is 21.5. The maximum atomic E-state index is 12.1. The van der Waals surface area contributed by atoms with Gasteiger partial charge in [0.2, 0.25) is 0 Å². The van der Waals surface area contributed by atoms with Crippen molar-refractivity contribution in [3.05, 3.63) is 39.9 Å². The summed E-state index contributed by atoms with van der Waals surface area (Å²) >= 11 is 5.93. The number of piperazine rings is 1. The van der Waals surface area contributed by atoms with Crippen LogP contribution in [0.15, 0.2) is 29.2 Å². The highest BCUT2D eigenvalue weighted by atomic mass is 35.5. The van der Waals surface area contributed by atoms with Gasteiger partial charge < -0.3 is 15.0 Å². The summed E-state index contributed by atoms with van der Waals surface area (Å²) < 4.78 is 6.51. The highest BCUT2D eigenvalue weighted by Crippen LogP contribution is 2.24. The molecule has 0 amide bonds. The minimum absolute atomic E-state index is 0. The van der Waals surface area contributed by atoms with Gasteiger partial charge in [0, 0.05) is 38.8 Å². The van der Waals surface area contributed by atoms with Crippen LogP contribution in [0.25, 0.3) is 0 Å². The van der Waals surface area contributed by atoms with E-state index in [9.17, 15) is 4.79 Å². The summed E-state index contributed by atoms with van der Waals surface area (Å²) in [7, 11) is 1.56. The number of aromatic nitrogens is 3. The number of nitrogens with one attached hydrogen (secondary N) is 1. The summed E-state index contributed by atoms with van der Waals surface area (Å²) in [6.45, 7) is 6.97. The fraction of sp³-hybridized carbons (Fsp3) is 0.500. The van der Waals surface area contributed by atoms with Gasteiger partial charge in [0.05, 0.1) is 31.1 Å². The van der Waals surface area contributed by atoms with Crippen LogP contribution in [-0.2, 0) is 11.8 Å². The number of anilines is 3. The molecule has 8 nitrogen and oxygen atoms in total. The van der Waals surface area contributed by atoms with Gasteiger partial charge in [-0.1, -0.05) is 11.6 Å². The zero-order valence-electron chi connectivity index (χ0n) is 15.9. The predicted molar refractivity (Wildman–Crippen MR) is 115 cm³/mol. The Morgan fingerprint density at radius 3 is 2.68 bits per heavy atom. The normalized spacial score (nSPS) is 20.4. The van der Waals surface area contributed by atoms with Gasteiger partial charge in [-0.3, -0.25) is 9.69 Å². The van der Waals surface area contributed by atoms with Crippen molar-refractivity contribution >= 4 is 42.3 Å². The number of nitrogens with zero attached hydrogens (tertiary/aromatic N) is 5. The minimum Gasteiger partial charge on any atom is -0.378 e. The van der Waals surface area contributed by atoms with Crippen LogP contribution in [0.4, 0.5) is 17.2 Å². The molecule has 0 spiro atoms. The third kappa shape index (κ3) is 4.27. The first kappa shape index (κ1) is 20.9. The lowest BCUT2D eigenvalue weighted by molar-refractivity contribution is -0.0691. The van der Waals surface area contributed by atoms with Crippen molar-refractivity contribution in [3.63, 3.8) is 0 Å². The van der Waals surface area contributed by atoms with Crippen LogP contribution in [0.3, 0.4) is 0 Å². The second-order valence-corrected chi connectivity index (χ2v) is 7.45. The molecule has 4 rings (SSSR count). The second-order valence-electron chi connectivity index (χ2n) is 7.06. The molecule has 1 atom stereocenters. The van der Waals surface area contributed by atoms with E-state index in [2.05, 4.69) is 32.1 Å². The lowest BCUT2D eigenvalue weighted by Gasteiger charge is -2.46. The molecule has 0 aliphatic carbocycles. The summed E-state index contributed by atoms with van der Waals surface area (Å²) in [6, 6.07) is 6.40. The Morgan fingerprint density at radius 2 is 2.07 bits per heavy atom. The van der Waals surface area contributed by atoms with Gasteiger partial charge in [0.1, 0.15) is 11.5 Å². The third-order valence-corrected chi connectivity index (χ3v) is 5.36. The van der Waals surface area contributed by atoms with Crippen molar-refractivity contribution in [1.82, 2.24) is 19.7 Å². The number of aryl methyl sites for hydroxylation is 1. The van der Waals surface area contributed by atoms with Crippen LogP contribution < -0.4 is 15.8 Å². The Kier molecular flexibility index (Phi) is 6.49. The maximum Gasteiger partial charge on any atom is 0.290 e. The molecule has 2 aliphatic heterocycles. The molecule has 28 heavy (non-hydrogen) atoms. The van der Waals surface area contributed by atoms with Crippen molar-refractivity contribution in [2.45, 2.75) is 19.0 Å². The van der Waals surface area contributed by atoms with Gasteiger partial charge in [-0.15, -0.1) is 0 Å². The van der Waals surface area contributed by atoms with Crippen LogP contribution in [-0.4, -0.2) is 64.6 Å². The van der Waals surface area contributed by atoms with Gasteiger partial charge in [-0.2, -0.15) is 18.6 Å². The summed E-state index contributed by atoms with van der Waals surface area (Å²) in [5.41, 5.74) is 1.18. The van der Waals surface area contributed by atoms with Gasteiger partial charge in [0.15, 0.2) is 5.15 Å². The van der Waals surface area contributed by atoms with E-state index >= 15 is 0 Å². The predicted octanol–water partition coefficient (Wildman–Crippen LogP) is 1.59. The molecule has 10 heteroatoms. The average molecular weight is 425 g/mol. The zero-order chi connectivity index (χ0) is 19.0. The molecular weight excluding hydrogens is 400 g/mol. The monoisotopic (exact) mass is 424 g/mol. The zero-order valence-corrected chi connectivity index (χ0v) is 17.7. The van der Waals surface area contributed by atoms with E-state index in [1.54, 1.807) is 7.05 Å². The summed E-state index contributed by atoms with van der Waals surface area (Å²) in [5.74, 6) is 0.594. The van der Waals surface area contributed by atoms with Crippen LogP contribution in [0.5, 0.6) is 0 Å². The van der Waals surface area contributed by atoms with E-state index in [1.165, 1.54) is 10.7 Å². The summed E-state index contributed by atoms with van der Waals surface area (Å²) in [5, 5.41) is 7.15. The molecule has 4 heterocycles. The highest BCUT2D eigenvalue weighted by Gasteiger charge is 2.32. The number of hydrogen-bond donors (Lipinski definition) is 1. The molecule has 2 aliphatic rings. The topological polar surface area (TPSA) is 75.5 Å². The van der Waals surface area contributed by atoms with Crippen molar-refractivity contribution in [2.24, 2.45) is 7.05 Å². The number of halogens is 1. The van der Waals surface area contributed by atoms with Gasteiger partial charge in [-0.05, 0) is 19.1 Å². The van der Waals surface area contributed by atoms with E-state index < -0.39 is 0 Å². The molecule has 2 aromatic rings. The van der Waals surface area contributed by atoms with E-state index in [1.807, 2.05) is 18.3 Å². The SMILES string of the molecule is C[C@H]1CN(C2COC2)CCN1c1ccc(Nc2cc(Cl)nn(C)c2=O)nc1.S. The number of hydrogen-bond acceptors (Lipinski definition) is 7. The fourth-order valence-corrected chi connectivity index (χ4v) is 3.79. The fourth-order valence-electron chi connectivity index (χ4n) is 3.57. The molecule has 2 fully saturated rings. The first-order valence-corrected chi connectivity index (χ1v) is 9.44. The number of ether oxygens (including phenoxy) is 1. The Morgan fingerprint density at radius 1 is 1.29 bits per heavy atom. The minimum atomic E-state index is -0.255. The molecular formula is C18H25ClN6O2S. The van der Waals surface area contributed by atoms with E-state index in [0.717, 1.165) is 38.5 Å². The van der Waals surface area contributed by atoms with Crippen LogP contribution in [0.1, 0.15) is 6.92 Å². The van der Waals surface area contributed by atoms with Crippen LogP contribution >= 0.6 is 25.1 Å². The molecule has 0 saturated carbocycles. The quantitative estimate of drug-likeness (QED) is 0.798. The first-order chi connectivity index (χ1) is 13.0. The van der Waals surface area contributed by atoms with Crippen molar-refractivity contribution < 1.29 is 4.74 Å². The van der Waals surface area contributed by atoms with Crippen LogP contribution in [0, 0.1) is 0 Å². The average Bonchev–Trinajstić information content (AvgIpc) is 2.59. The van der Waals surface area contributed by atoms with Gasteiger partial charge in [-0.25, -0.2) is 9.67 Å². The molecule has 2 aromatic heterocycles. The molecule has 0 radical (unpaired) electrons. The molecule has 0 aromatic carbocycles. The molecule has 152 valence electrons. The molecule has 0 unspecified atom stereocenters. The standard InChI is InChI=1S/C18H23ClN6O2.H2S/c1-12-9-24(14-10-27-11-14)5-6-25(12)13-3-4-17(20-8-13)21-15-7-16(19)22-23(2)18(15)26;/h3-4,7-8,12,14H,5-6,9-11H2,1-2H3,(H,20,21);1H2/t12-;/m0./s1. The Hall–Kier alpha value is -1.81. The Labute approximate surface area is 175 Å². The van der Waals surface area contributed by atoms with Crippen molar-refractivity contribution in [3.8, 4) is 0 Å². The maximum absolute atomic E-state index is 12.1. The van der Waals surface area contributed by atoms with Gasteiger partial charge in [0.25, 0.3) is 5.56 Å². The first-order valence-electron chi connectivity index (χ1n) is 9.06. The van der Waals surface area contributed by atoms with Crippen molar-refractivity contribution in [1.29, 1.82) is 0 Å². The summed E-state index contributed by atoms with van der Waals surface area (Å²) in [6.07, 6.45) is 1.84. The lowest BCUT2D eigenvalue weighted by Crippen LogP contribution is -2.59. The van der Waals surface area contributed by atoms with Crippen LogP contribution in [0.2, 0.25) is 5.15 Å².